The van der Waals surface area contributed by atoms with Gasteiger partial charge in [0.1, 0.15) is 5.82 Å². The van der Waals surface area contributed by atoms with Gasteiger partial charge >= 0.3 is 0 Å². The van der Waals surface area contributed by atoms with Crippen LogP contribution in [0.1, 0.15) is 16.2 Å². The van der Waals surface area contributed by atoms with Gasteiger partial charge in [-0.1, -0.05) is 0 Å². The van der Waals surface area contributed by atoms with E-state index in [1.54, 1.807) is 16.8 Å². The number of carbonyl (C=O) groups is 1. The van der Waals surface area contributed by atoms with Crippen molar-refractivity contribution in [3.63, 3.8) is 0 Å². The average Bonchev–Trinajstić information content (AvgIpc) is 2.87. The number of carbonyl (C=O) groups excluding carboxylic acids is 1. The number of nitrogens with zero attached hydrogens (tertiary/aromatic N) is 4. The molecule has 5 nitrogen and oxygen atoms in total. The van der Waals surface area contributed by atoms with Crippen LogP contribution in [0.15, 0.2) is 30.3 Å². The number of piperazine rings is 1. The highest BCUT2D eigenvalue weighted by molar-refractivity contribution is 5.92. The van der Waals surface area contributed by atoms with Gasteiger partial charge in [-0.25, -0.2) is 4.39 Å². The minimum absolute atomic E-state index is 0.0255. The van der Waals surface area contributed by atoms with Crippen LogP contribution in [0.2, 0.25) is 0 Å². The van der Waals surface area contributed by atoms with Crippen molar-refractivity contribution in [1.29, 1.82) is 0 Å². The first-order valence-corrected chi connectivity index (χ1v) is 7.35. The number of aromatic nitrogens is 2. The van der Waals surface area contributed by atoms with Crippen molar-refractivity contribution in [3.8, 4) is 0 Å². The molecule has 116 valence electrons. The van der Waals surface area contributed by atoms with Crippen LogP contribution in [0.25, 0.3) is 0 Å². The number of hydrogen-bond acceptors (Lipinski definition) is 3. The van der Waals surface area contributed by atoms with Gasteiger partial charge in [-0.05, 0) is 37.3 Å². The molecule has 1 aromatic heterocycles. The summed E-state index contributed by atoms with van der Waals surface area (Å²) in [5.41, 5.74) is 2.45. The molecule has 2 aromatic rings. The summed E-state index contributed by atoms with van der Waals surface area (Å²) < 4.78 is 14.7. The molecule has 1 aliphatic rings. The molecule has 0 N–H and O–H groups in total. The molecule has 0 radical (unpaired) electrons. The molecular weight excluding hydrogens is 283 g/mol. The Kier molecular flexibility index (Phi) is 3.83. The molecule has 1 aliphatic heterocycles. The van der Waals surface area contributed by atoms with Crippen molar-refractivity contribution in [2.24, 2.45) is 7.05 Å². The van der Waals surface area contributed by atoms with E-state index in [9.17, 15) is 9.18 Å². The zero-order valence-corrected chi connectivity index (χ0v) is 12.8. The third-order valence-corrected chi connectivity index (χ3v) is 4.09. The lowest BCUT2D eigenvalue weighted by atomic mass is 10.2. The number of halogens is 1. The first-order valence-electron chi connectivity index (χ1n) is 7.35. The van der Waals surface area contributed by atoms with E-state index < -0.39 is 0 Å². The van der Waals surface area contributed by atoms with E-state index >= 15 is 0 Å². The Morgan fingerprint density at radius 1 is 1.14 bits per heavy atom. The minimum atomic E-state index is -0.233. The molecule has 0 spiro atoms. The van der Waals surface area contributed by atoms with Crippen molar-refractivity contribution in [1.82, 2.24) is 14.7 Å². The average molecular weight is 302 g/mol. The van der Waals surface area contributed by atoms with Gasteiger partial charge in [0.2, 0.25) is 0 Å². The first-order chi connectivity index (χ1) is 10.5. The monoisotopic (exact) mass is 302 g/mol. The minimum Gasteiger partial charge on any atom is -0.368 e. The summed E-state index contributed by atoms with van der Waals surface area (Å²) in [4.78, 5) is 16.4. The second kappa shape index (κ2) is 5.79. The van der Waals surface area contributed by atoms with E-state index in [2.05, 4.69) is 10.00 Å². The fourth-order valence-corrected chi connectivity index (χ4v) is 2.65. The molecule has 1 fully saturated rings. The third kappa shape index (κ3) is 2.81. The van der Waals surface area contributed by atoms with Gasteiger partial charge in [-0.3, -0.25) is 9.48 Å². The highest BCUT2D eigenvalue weighted by atomic mass is 19.1. The molecule has 22 heavy (non-hydrogen) atoms. The van der Waals surface area contributed by atoms with Crippen LogP contribution in [-0.2, 0) is 7.05 Å². The molecule has 0 unspecified atom stereocenters. The molecule has 1 amide bonds. The Balaban J connectivity index is 1.64. The number of aryl methyl sites for hydroxylation is 2. The molecular formula is C16H19FN4O. The Labute approximate surface area is 128 Å². The standard InChI is InChI=1S/C16H19FN4O/c1-12-11-15(18-19(12)2)16(22)21-9-7-20(8-10-21)14-5-3-13(17)4-6-14/h3-6,11H,7-10H2,1-2H3. The predicted molar refractivity (Wildman–Crippen MR) is 82.5 cm³/mol. The van der Waals surface area contributed by atoms with Gasteiger partial charge in [0, 0.05) is 44.6 Å². The fraction of sp³-hybridized carbons (Fsp3) is 0.375. The molecule has 0 atom stereocenters. The molecule has 0 saturated carbocycles. The van der Waals surface area contributed by atoms with Crippen LogP contribution in [0.5, 0.6) is 0 Å². The summed E-state index contributed by atoms with van der Waals surface area (Å²) in [7, 11) is 1.83. The second-order valence-corrected chi connectivity index (χ2v) is 5.55. The Morgan fingerprint density at radius 3 is 2.32 bits per heavy atom. The highest BCUT2D eigenvalue weighted by Gasteiger charge is 2.24. The fourth-order valence-electron chi connectivity index (χ4n) is 2.65. The van der Waals surface area contributed by atoms with Gasteiger partial charge in [-0.15, -0.1) is 0 Å². The zero-order valence-electron chi connectivity index (χ0n) is 12.8. The van der Waals surface area contributed by atoms with Crippen LogP contribution in [0, 0.1) is 12.7 Å². The van der Waals surface area contributed by atoms with Gasteiger partial charge in [0.25, 0.3) is 5.91 Å². The molecule has 2 heterocycles. The Bertz CT molecular complexity index is 652. The van der Waals surface area contributed by atoms with Crippen molar-refractivity contribution in [3.05, 3.63) is 47.5 Å². The Hall–Kier alpha value is -2.37. The maximum absolute atomic E-state index is 13.0. The maximum Gasteiger partial charge on any atom is 0.274 e. The summed E-state index contributed by atoms with van der Waals surface area (Å²) >= 11 is 0. The number of rotatable bonds is 2. The van der Waals surface area contributed by atoms with E-state index in [-0.39, 0.29) is 11.7 Å². The van der Waals surface area contributed by atoms with Crippen molar-refractivity contribution >= 4 is 11.6 Å². The lowest BCUT2D eigenvalue weighted by molar-refractivity contribution is 0.0740. The van der Waals surface area contributed by atoms with Gasteiger partial charge < -0.3 is 9.80 Å². The molecule has 1 aromatic carbocycles. The second-order valence-electron chi connectivity index (χ2n) is 5.55. The lowest BCUT2D eigenvalue weighted by Crippen LogP contribution is -2.48. The molecule has 0 bridgehead atoms. The first kappa shape index (κ1) is 14.6. The Morgan fingerprint density at radius 2 is 1.77 bits per heavy atom. The van der Waals surface area contributed by atoms with Crippen LogP contribution < -0.4 is 4.90 Å². The molecule has 6 heteroatoms. The lowest BCUT2D eigenvalue weighted by Gasteiger charge is -2.35. The smallest absolute Gasteiger partial charge is 0.274 e. The zero-order chi connectivity index (χ0) is 15.7. The van der Waals surface area contributed by atoms with E-state index in [1.165, 1.54) is 12.1 Å². The number of benzene rings is 1. The maximum atomic E-state index is 13.0. The largest absolute Gasteiger partial charge is 0.368 e. The topological polar surface area (TPSA) is 41.4 Å². The highest BCUT2D eigenvalue weighted by Crippen LogP contribution is 2.17. The van der Waals surface area contributed by atoms with Gasteiger partial charge in [-0.2, -0.15) is 5.10 Å². The normalized spacial score (nSPS) is 15.2. The van der Waals surface area contributed by atoms with Crippen LogP contribution in [0.3, 0.4) is 0 Å². The molecule has 3 rings (SSSR count). The number of hydrogen-bond donors (Lipinski definition) is 0. The van der Waals surface area contributed by atoms with Crippen molar-refractivity contribution < 1.29 is 9.18 Å². The number of anilines is 1. The van der Waals surface area contributed by atoms with Gasteiger partial charge in [0.15, 0.2) is 5.69 Å². The predicted octanol–water partition coefficient (Wildman–Crippen LogP) is 1.83. The van der Waals surface area contributed by atoms with E-state index in [0.717, 1.165) is 24.5 Å². The van der Waals surface area contributed by atoms with Crippen LogP contribution >= 0.6 is 0 Å². The molecule has 0 aliphatic carbocycles. The number of amides is 1. The summed E-state index contributed by atoms with van der Waals surface area (Å²) in [5.74, 6) is -0.259. The van der Waals surface area contributed by atoms with Crippen molar-refractivity contribution in [2.45, 2.75) is 6.92 Å². The third-order valence-electron chi connectivity index (χ3n) is 4.09. The van der Waals surface area contributed by atoms with Crippen molar-refractivity contribution in [2.75, 3.05) is 31.1 Å². The van der Waals surface area contributed by atoms with Crippen LogP contribution in [0.4, 0.5) is 10.1 Å². The SMILES string of the molecule is Cc1cc(C(=O)N2CCN(c3ccc(F)cc3)CC2)nn1C. The van der Waals surface area contributed by atoms with Crippen LogP contribution in [-0.4, -0.2) is 46.8 Å². The van der Waals surface area contributed by atoms with Gasteiger partial charge in [0.05, 0.1) is 0 Å². The summed E-state index contributed by atoms with van der Waals surface area (Å²) in [6, 6.07) is 8.28. The molecule has 1 saturated heterocycles. The van der Waals surface area contributed by atoms with E-state index in [1.807, 2.05) is 24.9 Å². The summed E-state index contributed by atoms with van der Waals surface area (Å²) in [6.07, 6.45) is 0. The quantitative estimate of drug-likeness (QED) is 0.850. The van der Waals surface area contributed by atoms with E-state index in [4.69, 9.17) is 0 Å². The summed E-state index contributed by atoms with van der Waals surface area (Å²) in [5, 5.41) is 4.24. The van der Waals surface area contributed by atoms with E-state index in [0.29, 0.717) is 18.8 Å². The summed E-state index contributed by atoms with van der Waals surface area (Å²) in [6.45, 7) is 4.69.